The summed E-state index contributed by atoms with van der Waals surface area (Å²) in [5, 5.41) is 0. The van der Waals surface area contributed by atoms with Crippen LogP contribution in [0.2, 0.25) is 0 Å². The summed E-state index contributed by atoms with van der Waals surface area (Å²) in [7, 11) is 3.87. The van der Waals surface area contributed by atoms with Gasteiger partial charge in [0.25, 0.3) is 0 Å². The van der Waals surface area contributed by atoms with Crippen molar-refractivity contribution in [3.63, 3.8) is 0 Å². The number of benzene rings is 2. The zero-order valence-corrected chi connectivity index (χ0v) is 12.9. The molecule has 21 heavy (non-hydrogen) atoms. The summed E-state index contributed by atoms with van der Waals surface area (Å²) in [5.41, 5.74) is 9.10. The third kappa shape index (κ3) is 4.80. The molecule has 0 radical (unpaired) electrons. The van der Waals surface area contributed by atoms with E-state index in [0.717, 1.165) is 37.4 Å². The zero-order chi connectivity index (χ0) is 15.1. The summed E-state index contributed by atoms with van der Waals surface area (Å²) in [5.74, 6) is 0.961. The summed E-state index contributed by atoms with van der Waals surface area (Å²) >= 11 is 0. The number of rotatable bonds is 7. The minimum absolute atomic E-state index is 0.826. The summed E-state index contributed by atoms with van der Waals surface area (Å²) in [6.45, 7) is 1.97. The molecule has 0 unspecified atom stereocenters. The second-order valence-corrected chi connectivity index (χ2v) is 5.39. The Morgan fingerprint density at radius 2 is 1.76 bits per heavy atom. The molecule has 0 amide bonds. The van der Waals surface area contributed by atoms with Gasteiger partial charge in [0.1, 0.15) is 5.75 Å². The topological polar surface area (TPSA) is 38.5 Å². The summed E-state index contributed by atoms with van der Waals surface area (Å²) in [6, 6.07) is 16.3. The lowest BCUT2D eigenvalue weighted by atomic mass is 10.1. The molecular formula is C18H24N2O. The van der Waals surface area contributed by atoms with Gasteiger partial charge in [0.2, 0.25) is 0 Å². The molecule has 2 rings (SSSR count). The van der Waals surface area contributed by atoms with Crippen molar-refractivity contribution in [2.75, 3.05) is 26.4 Å². The van der Waals surface area contributed by atoms with Gasteiger partial charge in [-0.3, -0.25) is 0 Å². The predicted octanol–water partition coefficient (Wildman–Crippen LogP) is 3.34. The third-order valence-electron chi connectivity index (χ3n) is 3.62. The van der Waals surface area contributed by atoms with Crippen LogP contribution in [0.4, 0.5) is 5.69 Å². The van der Waals surface area contributed by atoms with E-state index >= 15 is 0 Å². The fourth-order valence-electron chi connectivity index (χ4n) is 2.44. The first kappa shape index (κ1) is 15.4. The van der Waals surface area contributed by atoms with Gasteiger partial charge in [0.05, 0.1) is 7.11 Å². The maximum atomic E-state index is 5.70. The first-order valence-corrected chi connectivity index (χ1v) is 7.34. The number of methoxy groups -OCH3 is 1. The Kier molecular flexibility index (Phi) is 5.64. The van der Waals surface area contributed by atoms with Crippen molar-refractivity contribution in [2.24, 2.45) is 0 Å². The van der Waals surface area contributed by atoms with Crippen LogP contribution in [0, 0.1) is 0 Å². The molecule has 0 fully saturated rings. The van der Waals surface area contributed by atoms with Crippen LogP contribution in [0.1, 0.15) is 17.5 Å². The Morgan fingerprint density at radius 3 is 2.48 bits per heavy atom. The molecule has 2 N–H and O–H groups in total. The molecule has 0 spiro atoms. The second-order valence-electron chi connectivity index (χ2n) is 5.39. The average molecular weight is 284 g/mol. The quantitative estimate of drug-likeness (QED) is 0.793. The van der Waals surface area contributed by atoms with Gasteiger partial charge in [-0.05, 0) is 50.2 Å². The lowest BCUT2D eigenvalue weighted by Gasteiger charge is -2.18. The molecule has 0 atom stereocenters. The highest BCUT2D eigenvalue weighted by Crippen LogP contribution is 2.18. The van der Waals surface area contributed by atoms with Crippen molar-refractivity contribution in [2.45, 2.75) is 19.4 Å². The van der Waals surface area contributed by atoms with Crippen LogP contribution in [0.3, 0.4) is 0 Å². The van der Waals surface area contributed by atoms with Crippen molar-refractivity contribution in [1.82, 2.24) is 4.90 Å². The van der Waals surface area contributed by atoms with Crippen LogP contribution in [0.5, 0.6) is 5.75 Å². The third-order valence-corrected chi connectivity index (χ3v) is 3.62. The number of aryl methyl sites for hydroxylation is 1. The molecule has 2 aromatic carbocycles. The van der Waals surface area contributed by atoms with Crippen molar-refractivity contribution in [3.8, 4) is 5.75 Å². The minimum atomic E-state index is 0.826. The normalized spacial score (nSPS) is 10.8. The van der Waals surface area contributed by atoms with Gasteiger partial charge < -0.3 is 15.4 Å². The molecular weight excluding hydrogens is 260 g/mol. The summed E-state index contributed by atoms with van der Waals surface area (Å²) < 4.78 is 5.39. The van der Waals surface area contributed by atoms with Gasteiger partial charge in [0, 0.05) is 17.8 Å². The number of anilines is 1. The first-order valence-electron chi connectivity index (χ1n) is 7.34. The van der Waals surface area contributed by atoms with E-state index in [1.54, 1.807) is 7.11 Å². The molecule has 0 saturated heterocycles. The SMILES string of the molecule is COc1ccccc1CN(C)CCCc1ccc(N)cc1. The van der Waals surface area contributed by atoms with Gasteiger partial charge in [-0.25, -0.2) is 0 Å². The second kappa shape index (κ2) is 7.70. The van der Waals surface area contributed by atoms with Crippen LogP contribution in [-0.4, -0.2) is 25.6 Å². The number of hydrogen-bond acceptors (Lipinski definition) is 3. The van der Waals surface area contributed by atoms with E-state index < -0.39 is 0 Å². The Hall–Kier alpha value is -2.00. The van der Waals surface area contributed by atoms with E-state index in [0.29, 0.717) is 0 Å². The number of ether oxygens (including phenoxy) is 1. The minimum Gasteiger partial charge on any atom is -0.496 e. The lowest BCUT2D eigenvalue weighted by molar-refractivity contribution is 0.313. The van der Waals surface area contributed by atoms with Crippen molar-refractivity contribution in [3.05, 3.63) is 59.7 Å². The molecule has 0 saturated carbocycles. The van der Waals surface area contributed by atoms with E-state index in [1.165, 1.54) is 11.1 Å². The summed E-state index contributed by atoms with van der Waals surface area (Å²) in [4.78, 5) is 2.33. The first-order chi connectivity index (χ1) is 10.2. The van der Waals surface area contributed by atoms with E-state index in [1.807, 2.05) is 24.3 Å². The molecule has 0 aliphatic heterocycles. The molecule has 2 aromatic rings. The summed E-state index contributed by atoms with van der Waals surface area (Å²) in [6.07, 6.45) is 2.21. The van der Waals surface area contributed by atoms with Crippen molar-refractivity contribution in [1.29, 1.82) is 0 Å². The predicted molar refractivity (Wildman–Crippen MR) is 88.5 cm³/mol. The number of para-hydroxylation sites is 1. The van der Waals surface area contributed by atoms with Gasteiger partial charge in [-0.2, -0.15) is 0 Å². The van der Waals surface area contributed by atoms with Gasteiger partial charge >= 0.3 is 0 Å². The van der Waals surface area contributed by atoms with Crippen molar-refractivity contribution < 1.29 is 4.74 Å². The van der Waals surface area contributed by atoms with Crippen LogP contribution < -0.4 is 10.5 Å². The van der Waals surface area contributed by atoms with Crippen LogP contribution >= 0.6 is 0 Å². The van der Waals surface area contributed by atoms with Gasteiger partial charge in [0.15, 0.2) is 0 Å². The number of hydrogen-bond donors (Lipinski definition) is 1. The smallest absolute Gasteiger partial charge is 0.123 e. The lowest BCUT2D eigenvalue weighted by Crippen LogP contribution is -2.20. The Balaban J connectivity index is 1.79. The fraction of sp³-hybridized carbons (Fsp3) is 0.333. The highest BCUT2D eigenvalue weighted by molar-refractivity contribution is 5.39. The standard InChI is InChI=1S/C18H24N2O/c1-20(14-16-7-3-4-8-18(16)21-2)13-5-6-15-9-11-17(19)12-10-15/h3-4,7-12H,5-6,13-14,19H2,1-2H3. The molecule has 0 bridgehead atoms. The van der Waals surface area contributed by atoms with E-state index in [9.17, 15) is 0 Å². The Morgan fingerprint density at radius 1 is 1.05 bits per heavy atom. The molecule has 112 valence electrons. The molecule has 3 nitrogen and oxygen atoms in total. The molecule has 0 aliphatic carbocycles. The number of nitrogens with zero attached hydrogens (tertiary/aromatic N) is 1. The van der Waals surface area contributed by atoms with E-state index in [-0.39, 0.29) is 0 Å². The van der Waals surface area contributed by atoms with Crippen LogP contribution in [-0.2, 0) is 13.0 Å². The monoisotopic (exact) mass is 284 g/mol. The highest BCUT2D eigenvalue weighted by Gasteiger charge is 2.05. The molecule has 3 heteroatoms. The molecule has 0 heterocycles. The average Bonchev–Trinajstić information content (AvgIpc) is 2.50. The Bertz CT molecular complexity index is 551. The van der Waals surface area contributed by atoms with Gasteiger partial charge in [-0.1, -0.05) is 30.3 Å². The number of nitrogen functional groups attached to an aromatic ring is 1. The zero-order valence-electron chi connectivity index (χ0n) is 12.9. The fourth-order valence-corrected chi connectivity index (χ4v) is 2.44. The maximum absolute atomic E-state index is 5.70. The van der Waals surface area contributed by atoms with E-state index in [4.69, 9.17) is 10.5 Å². The maximum Gasteiger partial charge on any atom is 0.123 e. The number of nitrogens with two attached hydrogens (primary N) is 1. The Labute approximate surface area is 127 Å². The molecule has 0 aliphatic rings. The molecule has 0 aromatic heterocycles. The van der Waals surface area contributed by atoms with Crippen LogP contribution in [0.25, 0.3) is 0 Å². The van der Waals surface area contributed by atoms with Crippen molar-refractivity contribution >= 4 is 5.69 Å². The van der Waals surface area contributed by atoms with E-state index in [2.05, 4.69) is 36.2 Å². The highest BCUT2D eigenvalue weighted by atomic mass is 16.5. The van der Waals surface area contributed by atoms with Crippen LogP contribution in [0.15, 0.2) is 48.5 Å². The largest absolute Gasteiger partial charge is 0.496 e. The van der Waals surface area contributed by atoms with Gasteiger partial charge in [-0.15, -0.1) is 0 Å².